The van der Waals surface area contributed by atoms with E-state index >= 15 is 0 Å². The third-order valence-electron chi connectivity index (χ3n) is 3.32. The van der Waals surface area contributed by atoms with Crippen LogP contribution in [-0.4, -0.2) is 28.9 Å². The lowest BCUT2D eigenvalue weighted by atomic mass is 10.1. The molecule has 1 amide bonds. The summed E-state index contributed by atoms with van der Waals surface area (Å²) in [5.74, 6) is -0.736. The van der Waals surface area contributed by atoms with Gasteiger partial charge in [0.25, 0.3) is 0 Å². The van der Waals surface area contributed by atoms with Crippen molar-refractivity contribution in [2.24, 2.45) is 17.4 Å². The maximum atomic E-state index is 13.5. The smallest absolute Gasteiger partial charge is 0.221 e. The summed E-state index contributed by atoms with van der Waals surface area (Å²) in [7, 11) is 0. The Kier molecular flexibility index (Phi) is 4.11. The molecule has 19 heavy (non-hydrogen) atoms. The third kappa shape index (κ3) is 3.48. The summed E-state index contributed by atoms with van der Waals surface area (Å²) in [5, 5.41) is 0. The van der Waals surface area contributed by atoms with Crippen molar-refractivity contribution < 1.29 is 9.18 Å². The van der Waals surface area contributed by atoms with Crippen LogP contribution >= 0.6 is 12.2 Å². The second kappa shape index (κ2) is 5.63. The maximum absolute atomic E-state index is 13.5. The standard InChI is InChI=1S/C13H16FN3OS/c14-11-4-8(3-10(5-11)13(16)19)6-17-2-1-9(7-17)12(15)18/h3-5,9H,1-2,6-7H2,(H2,15,18)(H2,16,19). The SMILES string of the molecule is NC(=O)C1CCN(Cc2cc(F)cc(C(N)=S)c2)C1. The van der Waals surface area contributed by atoms with Gasteiger partial charge in [-0.1, -0.05) is 12.2 Å². The Bertz CT molecular complexity index is 521. The molecule has 1 aliphatic heterocycles. The zero-order valence-corrected chi connectivity index (χ0v) is 11.3. The quantitative estimate of drug-likeness (QED) is 0.800. The molecule has 0 spiro atoms. The number of rotatable bonds is 4. The Morgan fingerprint density at radius 2 is 2.16 bits per heavy atom. The van der Waals surface area contributed by atoms with Gasteiger partial charge in [0, 0.05) is 18.7 Å². The highest BCUT2D eigenvalue weighted by Gasteiger charge is 2.26. The molecule has 1 unspecified atom stereocenters. The predicted molar refractivity (Wildman–Crippen MR) is 74.9 cm³/mol. The first-order valence-corrected chi connectivity index (χ1v) is 6.47. The van der Waals surface area contributed by atoms with Crippen LogP contribution in [0.25, 0.3) is 0 Å². The molecule has 1 atom stereocenters. The number of likely N-dealkylation sites (tertiary alicyclic amines) is 1. The molecule has 102 valence electrons. The maximum Gasteiger partial charge on any atom is 0.221 e. The fraction of sp³-hybridized carbons (Fsp3) is 0.385. The van der Waals surface area contributed by atoms with Crippen molar-refractivity contribution in [3.05, 3.63) is 35.1 Å². The summed E-state index contributed by atoms with van der Waals surface area (Å²) in [6, 6.07) is 4.56. The molecule has 4 nitrogen and oxygen atoms in total. The highest BCUT2D eigenvalue weighted by molar-refractivity contribution is 7.80. The number of hydrogen-bond donors (Lipinski definition) is 2. The molecule has 1 aromatic carbocycles. The fourth-order valence-electron chi connectivity index (χ4n) is 2.35. The van der Waals surface area contributed by atoms with Crippen LogP contribution in [0.2, 0.25) is 0 Å². The first-order chi connectivity index (χ1) is 8.95. The monoisotopic (exact) mass is 281 g/mol. The number of hydrogen-bond acceptors (Lipinski definition) is 3. The van der Waals surface area contributed by atoms with E-state index in [2.05, 4.69) is 4.90 Å². The van der Waals surface area contributed by atoms with Crippen LogP contribution in [0, 0.1) is 11.7 Å². The molecule has 1 aromatic rings. The fourth-order valence-corrected chi connectivity index (χ4v) is 2.47. The van der Waals surface area contributed by atoms with Gasteiger partial charge >= 0.3 is 0 Å². The van der Waals surface area contributed by atoms with E-state index in [1.54, 1.807) is 6.07 Å². The van der Waals surface area contributed by atoms with Gasteiger partial charge in [-0.3, -0.25) is 9.69 Å². The lowest BCUT2D eigenvalue weighted by Gasteiger charge is -2.16. The van der Waals surface area contributed by atoms with Gasteiger partial charge in [-0.25, -0.2) is 4.39 Å². The van der Waals surface area contributed by atoms with E-state index in [0.717, 1.165) is 18.5 Å². The van der Waals surface area contributed by atoms with Gasteiger partial charge in [0.1, 0.15) is 10.8 Å². The zero-order chi connectivity index (χ0) is 14.0. The van der Waals surface area contributed by atoms with E-state index in [1.807, 2.05) is 0 Å². The normalized spacial score (nSPS) is 19.5. The van der Waals surface area contributed by atoms with Crippen molar-refractivity contribution in [2.45, 2.75) is 13.0 Å². The Balaban J connectivity index is 2.08. The van der Waals surface area contributed by atoms with Crippen LogP contribution in [0.1, 0.15) is 17.5 Å². The average molecular weight is 281 g/mol. The largest absolute Gasteiger partial charge is 0.389 e. The van der Waals surface area contributed by atoms with Crippen LogP contribution in [-0.2, 0) is 11.3 Å². The Labute approximate surface area is 116 Å². The van der Waals surface area contributed by atoms with Crippen molar-refractivity contribution in [3.8, 4) is 0 Å². The van der Waals surface area contributed by atoms with E-state index in [-0.39, 0.29) is 22.6 Å². The molecule has 0 radical (unpaired) electrons. The number of amides is 1. The zero-order valence-electron chi connectivity index (χ0n) is 10.4. The Morgan fingerprint density at radius 1 is 1.42 bits per heavy atom. The molecule has 1 saturated heterocycles. The minimum Gasteiger partial charge on any atom is -0.389 e. The van der Waals surface area contributed by atoms with Crippen LogP contribution in [0.4, 0.5) is 4.39 Å². The minimum atomic E-state index is -0.356. The predicted octanol–water partition coefficient (Wildman–Crippen LogP) is 0.767. The van der Waals surface area contributed by atoms with Crippen LogP contribution in [0.3, 0.4) is 0 Å². The van der Waals surface area contributed by atoms with Gasteiger partial charge in [0.2, 0.25) is 5.91 Å². The number of carbonyl (C=O) groups excluding carboxylic acids is 1. The minimum absolute atomic E-state index is 0.108. The van der Waals surface area contributed by atoms with E-state index < -0.39 is 0 Å². The summed E-state index contributed by atoms with van der Waals surface area (Å²) in [6.45, 7) is 1.97. The molecule has 0 aromatic heterocycles. The van der Waals surface area contributed by atoms with Crippen LogP contribution in [0.15, 0.2) is 18.2 Å². The first kappa shape index (κ1) is 13.9. The summed E-state index contributed by atoms with van der Waals surface area (Å²) >= 11 is 4.85. The number of carbonyl (C=O) groups is 1. The Hall–Kier alpha value is -1.53. The average Bonchev–Trinajstić information content (AvgIpc) is 2.76. The summed E-state index contributed by atoms with van der Waals surface area (Å²) in [4.78, 5) is 13.4. The number of halogens is 1. The van der Waals surface area contributed by atoms with E-state index in [9.17, 15) is 9.18 Å². The number of nitrogens with zero attached hydrogens (tertiary/aromatic N) is 1. The van der Waals surface area contributed by atoms with Gasteiger partial charge in [-0.05, 0) is 36.7 Å². The van der Waals surface area contributed by atoms with Gasteiger partial charge in [0.15, 0.2) is 0 Å². The molecule has 2 rings (SSSR count). The summed E-state index contributed by atoms with van der Waals surface area (Å²) < 4.78 is 13.5. The van der Waals surface area contributed by atoms with E-state index in [0.29, 0.717) is 18.7 Å². The van der Waals surface area contributed by atoms with Crippen molar-refractivity contribution in [1.29, 1.82) is 0 Å². The third-order valence-corrected chi connectivity index (χ3v) is 3.56. The number of thiocarbonyl (C=S) groups is 1. The molecule has 1 heterocycles. The summed E-state index contributed by atoms with van der Waals surface area (Å²) in [6.07, 6.45) is 0.757. The molecule has 0 saturated carbocycles. The molecular weight excluding hydrogens is 265 g/mol. The van der Waals surface area contributed by atoms with Gasteiger partial charge in [-0.2, -0.15) is 0 Å². The number of primary amides is 1. The first-order valence-electron chi connectivity index (χ1n) is 6.06. The number of benzene rings is 1. The highest BCUT2D eigenvalue weighted by Crippen LogP contribution is 2.19. The van der Waals surface area contributed by atoms with Crippen molar-refractivity contribution in [3.63, 3.8) is 0 Å². The molecular formula is C13H16FN3OS. The van der Waals surface area contributed by atoms with Gasteiger partial charge in [0.05, 0.1) is 5.92 Å². The molecule has 4 N–H and O–H groups in total. The second-order valence-corrected chi connectivity index (χ2v) is 5.28. The lowest BCUT2D eigenvalue weighted by molar-refractivity contribution is -0.121. The molecule has 0 aliphatic carbocycles. The van der Waals surface area contributed by atoms with Gasteiger partial charge < -0.3 is 11.5 Å². The topological polar surface area (TPSA) is 72.4 Å². The van der Waals surface area contributed by atoms with E-state index in [1.165, 1.54) is 12.1 Å². The molecule has 0 bridgehead atoms. The van der Waals surface area contributed by atoms with E-state index in [4.69, 9.17) is 23.7 Å². The van der Waals surface area contributed by atoms with Gasteiger partial charge in [-0.15, -0.1) is 0 Å². The van der Waals surface area contributed by atoms with Crippen molar-refractivity contribution in [2.75, 3.05) is 13.1 Å². The molecule has 6 heteroatoms. The summed E-state index contributed by atoms with van der Waals surface area (Å²) in [5.41, 5.74) is 12.1. The Morgan fingerprint density at radius 3 is 2.74 bits per heavy atom. The molecule has 1 aliphatic rings. The van der Waals surface area contributed by atoms with Crippen LogP contribution < -0.4 is 11.5 Å². The molecule has 1 fully saturated rings. The lowest BCUT2D eigenvalue weighted by Crippen LogP contribution is -2.27. The second-order valence-electron chi connectivity index (χ2n) is 4.84. The van der Waals surface area contributed by atoms with Crippen molar-refractivity contribution in [1.82, 2.24) is 4.90 Å². The van der Waals surface area contributed by atoms with Crippen molar-refractivity contribution >= 4 is 23.1 Å². The van der Waals surface area contributed by atoms with Crippen LogP contribution in [0.5, 0.6) is 0 Å². The number of nitrogens with two attached hydrogens (primary N) is 2. The highest BCUT2D eigenvalue weighted by atomic mass is 32.1.